The third kappa shape index (κ3) is 9.26. The molecule has 6 rings (SSSR count). The van der Waals surface area contributed by atoms with E-state index in [2.05, 4.69) is 145 Å². The topological polar surface area (TPSA) is 55.4 Å². The average molecular weight is 841 g/mol. The lowest BCUT2D eigenvalue weighted by Crippen LogP contribution is -2.20. The highest BCUT2D eigenvalue weighted by Gasteiger charge is 2.35. The van der Waals surface area contributed by atoms with Gasteiger partial charge in [0.1, 0.15) is 11.5 Å². The molecule has 4 aromatic rings. The average Bonchev–Trinajstić information content (AvgIpc) is 3.84. The van der Waals surface area contributed by atoms with Crippen LogP contribution in [0.4, 0.5) is 0 Å². The fourth-order valence-corrected chi connectivity index (χ4v) is 11.6. The molecule has 4 atom stereocenters. The van der Waals surface area contributed by atoms with Crippen molar-refractivity contribution in [3.05, 3.63) is 81.9 Å². The van der Waals surface area contributed by atoms with Gasteiger partial charge in [0.2, 0.25) is 13.6 Å². The first-order valence-corrected chi connectivity index (χ1v) is 23.6. The van der Waals surface area contributed by atoms with Crippen LogP contribution in [0.5, 0.6) is 34.5 Å². The Morgan fingerprint density at radius 3 is 1.20 bits per heavy atom. The lowest BCUT2D eigenvalue weighted by Gasteiger charge is -2.32. The highest BCUT2D eigenvalue weighted by atomic mass is 31.1. The normalized spacial score (nSPS) is 15.5. The van der Waals surface area contributed by atoms with Crippen molar-refractivity contribution in [2.75, 3.05) is 27.8 Å². The molecule has 4 unspecified atom stereocenters. The number of ether oxygens (including phenoxy) is 6. The number of fused-ring (bicyclic) bond motifs is 2. The van der Waals surface area contributed by atoms with Gasteiger partial charge in [0.15, 0.2) is 23.0 Å². The molecule has 0 N–H and O–H groups in total. The smallest absolute Gasteiger partial charge is 0.231 e. The summed E-state index contributed by atoms with van der Waals surface area (Å²) in [5, 5.41) is 2.48. The predicted octanol–water partition coefficient (Wildman–Crippen LogP) is 13.3. The Morgan fingerprint density at radius 2 is 0.881 bits per heavy atom. The van der Waals surface area contributed by atoms with Crippen molar-refractivity contribution < 1.29 is 28.4 Å². The lowest BCUT2D eigenvalue weighted by molar-refractivity contribution is 0.173. The molecule has 0 amide bonds. The Balaban J connectivity index is 1.54. The number of hydrogen-bond acceptors (Lipinski definition) is 6. The van der Waals surface area contributed by atoms with Gasteiger partial charge in [-0.3, -0.25) is 0 Å². The first-order valence-electron chi connectivity index (χ1n) is 21.5. The van der Waals surface area contributed by atoms with E-state index in [9.17, 15) is 0 Å². The summed E-state index contributed by atoms with van der Waals surface area (Å²) in [6.45, 7) is 32.4. The maximum atomic E-state index is 6.45. The predicted molar refractivity (Wildman–Crippen MR) is 251 cm³/mol. The van der Waals surface area contributed by atoms with E-state index in [0.29, 0.717) is 17.2 Å². The molecule has 0 bridgehead atoms. The summed E-state index contributed by atoms with van der Waals surface area (Å²) < 4.78 is 37.5. The minimum Gasteiger partial charge on any atom is -0.496 e. The summed E-state index contributed by atoms with van der Waals surface area (Å²) >= 11 is 0. The standard InChI is InChI=1S/C51H70O6P2/c1-17-19-39(31-26-34(50(9,10)11)45(53-16)35(27-31)51(12,13)14)59-41-23-21-37-47(57-29-55-37)43(41)42-40(22-20-36-46(42)56-28-54-36)58-38(18-2)30-24-32(48(3,4)5)44(52-15)33(25-30)49(6,7)8/h20-27,38-39,58-59H,17-19,28-29H2,1-16H3. The van der Waals surface area contributed by atoms with Crippen LogP contribution < -0.4 is 39.0 Å². The first-order chi connectivity index (χ1) is 27.6. The molecule has 0 saturated carbocycles. The quantitative estimate of drug-likeness (QED) is 0.132. The number of hydrogen-bond donors (Lipinski definition) is 0. The largest absolute Gasteiger partial charge is 0.496 e. The van der Waals surface area contributed by atoms with Crippen LogP contribution in [0, 0.1) is 0 Å². The summed E-state index contributed by atoms with van der Waals surface area (Å²) in [7, 11) is 4.55. The monoisotopic (exact) mass is 840 g/mol. The second-order valence-electron chi connectivity index (χ2n) is 20.3. The van der Waals surface area contributed by atoms with Gasteiger partial charge in [0.05, 0.1) is 14.2 Å². The minimum atomic E-state index is -0.0934. The lowest BCUT2D eigenvalue weighted by atomic mass is 9.78. The van der Waals surface area contributed by atoms with Crippen molar-refractivity contribution in [2.24, 2.45) is 0 Å². The summed E-state index contributed by atoms with van der Waals surface area (Å²) in [4.78, 5) is 0. The van der Waals surface area contributed by atoms with Gasteiger partial charge in [0, 0.05) is 44.7 Å². The van der Waals surface area contributed by atoms with Crippen LogP contribution >= 0.6 is 17.2 Å². The van der Waals surface area contributed by atoms with Crippen LogP contribution in [-0.4, -0.2) is 27.8 Å². The van der Waals surface area contributed by atoms with Crippen LogP contribution in [0.25, 0.3) is 11.1 Å². The fourth-order valence-electron chi connectivity index (χ4n) is 8.46. The van der Waals surface area contributed by atoms with Crippen molar-refractivity contribution >= 4 is 27.8 Å². The maximum Gasteiger partial charge on any atom is 0.231 e. The molecule has 0 aliphatic carbocycles. The molecule has 0 fully saturated rings. The first kappa shape index (κ1) is 45.1. The number of benzene rings is 4. The van der Waals surface area contributed by atoms with Crippen LogP contribution in [0.3, 0.4) is 0 Å². The Kier molecular flexibility index (Phi) is 13.1. The van der Waals surface area contributed by atoms with Gasteiger partial charge in [-0.25, -0.2) is 0 Å². The van der Waals surface area contributed by atoms with Gasteiger partial charge < -0.3 is 28.4 Å². The molecule has 0 spiro atoms. The Bertz CT molecular complexity index is 2090. The van der Waals surface area contributed by atoms with Crippen molar-refractivity contribution in [3.8, 4) is 45.6 Å². The van der Waals surface area contributed by atoms with Crippen molar-refractivity contribution in [1.82, 2.24) is 0 Å². The van der Waals surface area contributed by atoms with Crippen LogP contribution in [0.15, 0.2) is 48.5 Å². The Labute approximate surface area is 359 Å². The van der Waals surface area contributed by atoms with Crippen LogP contribution in [0.1, 0.15) is 161 Å². The van der Waals surface area contributed by atoms with Gasteiger partial charge in [-0.2, -0.15) is 0 Å². The van der Waals surface area contributed by atoms with Crippen LogP contribution in [0.2, 0.25) is 0 Å². The zero-order valence-electron chi connectivity index (χ0n) is 38.8. The molecule has 320 valence electrons. The van der Waals surface area contributed by atoms with E-state index >= 15 is 0 Å². The van der Waals surface area contributed by atoms with E-state index in [4.69, 9.17) is 28.4 Å². The molecule has 0 saturated heterocycles. The highest BCUT2D eigenvalue weighted by Crippen LogP contribution is 2.54. The Morgan fingerprint density at radius 1 is 0.525 bits per heavy atom. The second-order valence-corrected chi connectivity index (χ2v) is 23.4. The molecule has 0 aromatic heterocycles. The zero-order chi connectivity index (χ0) is 43.2. The summed E-state index contributed by atoms with van der Waals surface area (Å²) in [6.07, 6.45) is 3.10. The molecule has 2 heterocycles. The highest BCUT2D eigenvalue weighted by molar-refractivity contribution is 7.49. The molecule has 0 radical (unpaired) electrons. The molecule has 4 aromatic carbocycles. The summed E-state index contributed by atoms with van der Waals surface area (Å²) in [5.41, 5.74) is 10.0. The van der Waals surface area contributed by atoms with Crippen molar-refractivity contribution in [3.63, 3.8) is 0 Å². The SMILES string of the molecule is CCCC(Pc1ccc2c(c1-c1c(PC(CC)c3cc(C(C)(C)C)c(OC)c(C(C)(C)C)c3)ccc3c1OCO3)OCO2)c1cc(C(C)(C)C)c(OC)c(C(C)(C)C)c1. The maximum absolute atomic E-state index is 6.45. The molecular formula is C51H70O6P2. The number of rotatable bonds is 12. The van der Waals surface area contributed by atoms with E-state index < -0.39 is 0 Å². The van der Waals surface area contributed by atoms with Gasteiger partial charge in [-0.05, 0) is 68.4 Å². The number of methoxy groups -OCH3 is 2. The Hall–Kier alpha value is -3.46. The van der Waals surface area contributed by atoms with E-state index in [1.807, 2.05) is 14.2 Å². The molecule has 2 aliphatic rings. The van der Waals surface area contributed by atoms with Gasteiger partial charge >= 0.3 is 0 Å². The molecular weight excluding hydrogens is 771 g/mol. The van der Waals surface area contributed by atoms with E-state index in [0.717, 1.165) is 64.9 Å². The van der Waals surface area contributed by atoms with E-state index in [1.54, 1.807) is 0 Å². The van der Waals surface area contributed by atoms with Crippen molar-refractivity contribution in [2.45, 2.75) is 149 Å². The molecule has 6 nitrogen and oxygen atoms in total. The van der Waals surface area contributed by atoms with Crippen molar-refractivity contribution in [1.29, 1.82) is 0 Å². The third-order valence-corrected chi connectivity index (χ3v) is 15.2. The summed E-state index contributed by atoms with van der Waals surface area (Å²) in [5.74, 6) is 5.14. The minimum absolute atomic E-state index is 0.0926. The second kappa shape index (κ2) is 17.1. The molecule has 2 aliphatic heterocycles. The van der Waals surface area contributed by atoms with Crippen LogP contribution in [-0.2, 0) is 21.7 Å². The fraction of sp³-hybridized carbons (Fsp3) is 0.529. The molecule has 8 heteroatoms. The van der Waals surface area contributed by atoms with E-state index in [-0.39, 0.29) is 46.6 Å². The van der Waals surface area contributed by atoms with Gasteiger partial charge in [-0.1, -0.05) is 157 Å². The molecule has 59 heavy (non-hydrogen) atoms. The van der Waals surface area contributed by atoms with E-state index in [1.165, 1.54) is 44.0 Å². The summed E-state index contributed by atoms with van der Waals surface area (Å²) in [6, 6.07) is 18.4. The van der Waals surface area contributed by atoms with Gasteiger partial charge in [0.25, 0.3) is 0 Å². The third-order valence-electron chi connectivity index (χ3n) is 11.6. The zero-order valence-corrected chi connectivity index (χ0v) is 40.8. The van der Waals surface area contributed by atoms with Gasteiger partial charge in [-0.15, -0.1) is 0 Å².